The molecule has 2 aromatic rings. The van der Waals surface area contributed by atoms with Crippen LogP contribution in [0.1, 0.15) is 13.8 Å². The molecule has 164 valence electrons. The summed E-state index contributed by atoms with van der Waals surface area (Å²) >= 11 is 5.71. The average Bonchev–Trinajstić information content (AvgIpc) is 2.70. The smallest absolute Gasteiger partial charge is 0.465 e. The first kappa shape index (κ1) is 23.9. The van der Waals surface area contributed by atoms with Crippen LogP contribution in [0.2, 0.25) is 5.02 Å². The first-order valence-corrected chi connectivity index (χ1v) is 10.1. The Bertz CT molecular complexity index is 962. The summed E-state index contributed by atoms with van der Waals surface area (Å²) in [5.74, 6) is -14.8. The van der Waals surface area contributed by atoms with Gasteiger partial charge >= 0.3 is 13.7 Å². The van der Waals surface area contributed by atoms with Crippen molar-refractivity contribution < 1.29 is 45.1 Å². The lowest BCUT2D eigenvalue weighted by Gasteiger charge is -2.23. The van der Waals surface area contributed by atoms with Crippen molar-refractivity contribution in [3.05, 3.63) is 58.4 Å². The molecule has 13 heteroatoms. The van der Waals surface area contributed by atoms with Crippen LogP contribution in [0.3, 0.4) is 0 Å². The third-order valence-corrected chi connectivity index (χ3v) is 5.24. The molecule has 0 saturated heterocycles. The molecule has 30 heavy (non-hydrogen) atoms. The van der Waals surface area contributed by atoms with Crippen molar-refractivity contribution in [2.45, 2.75) is 19.9 Å². The van der Waals surface area contributed by atoms with Crippen LogP contribution in [-0.2, 0) is 14.1 Å². The lowest BCUT2D eigenvalue weighted by Crippen LogP contribution is -2.36. The van der Waals surface area contributed by atoms with Gasteiger partial charge in [-0.1, -0.05) is 11.6 Å². The van der Waals surface area contributed by atoms with Gasteiger partial charge in [0.25, 0.3) is 0 Å². The summed E-state index contributed by atoms with van der Waals surface area (Å²) in [5, 5.41) is 2.28. The van der Waals surface area contributed by atoms with Crippen molar-refractivity contribution >= 4 is 25.3 Å². The molecule has 2 atom stereocenters. The van der Waals surface area contributed by atoms with Gasteiger partial charge in [0.05, 0.1) is 6.61 Å². The van der Waals surface area contributed by atoms with Crippen molar-refractivity contribution in [1.82, 2.24) is 5.09 Å². The summed E-state index contributed by atoms with van der Waals surface area (Å²) < 4.78 is 95.6. The minimum absolute atomic E-state index is 0.0499. The van der Waals surface area contributed by atoms with E-state index in [9.17, 15) is 31.3 Å². The number of hydrogen-bond donors (Lipinski definition) is 1. The average molecular weight is 474 g/mol. The first-order valence-electron chi connectivity index (χ1n) is 8.19. The molecule has 0 radical (unpaired) electrons. The molecule has 0 spiro atoms. The van der Waals surface area contributed by atoms with Crippen molar-refractivity contribution in [3.63, 3.8) is 0 Å². The maximum atomic E-state index is 14.0. The Hall–Kier alpha value is -2.36. The summed E-state index contributed by atoms with van der Waals surface area (Å²) in [6.45, 7) is 2.59. The largest absolute Gasteiger partial charge is 0.513 e. The van der Waals surface area contributed by atoms with Gasteiger partial charge in [0.1, 0.15) is 11.8 Å². The molecule has 0 heterocycles. The molecule has 1 N–H and O–H groups in total. The van der Waals surface area contributed by atoms with Gasteiger partial charge in [-0.05, 0) is 38.1 Å². The van der Waals surface area contributed by atoms with E-state index in [0.29, 0.717) is 0 Å². The molecular weight excluding hydrogens is 460 g/mol. The number of carbonyl (C=O) groups excluding carboxylic acids is 1. The van der Waals surface area contributed by atoms with Gasteiger partial charge in [0.15, 0.2) is 0 Å². The normalized spacial score (nSPS) is 14.0. The van der Waals surface area contributed by atoms with Crippen LogP contribution >= 0.6 is 19.3 Å². The fourth-order valence-corrected chi connectivity index (χ4v) is 3.70. The van der Waals surface area contributed by atoms with Crippen LogP contribution < -0.4 is 14.1 Å². The van der Waals surface area contributed by atoms with E-state index in [0.717, 1.165) is 6.92 Å². The molecule has 0 aromatic heterocycles. The second kappa shape index (κ2) is 9.63. The molecule has 0 amide bonds. The summed E-state index contributed by atoms with van der Waals surface area (Å²) in [6, 6.07) is 3.56. The van der Waals surface area contributed by atoms with Gasteiger partial charge in [0, 0.05) is 5.02 Å². The maximum Gasteiger partial charge on any atom is 0.513 e. The van der Waals surface area contributed by atoms with Gasteiger partial charge < -0.3 is 13.8 Å². The number of halogens is 6. The van der Waals surface area contributed by atoms with Crippen molar-refractivity contribution in [2.75, 3.05) is 6.61 Å². The van der Waals surface area contributed by atoms with E-state index in [1.54, 1.807) is 0 Å². The fraction of sp³-hybridized carbons (Fsp3) is 0.235. The van der Waals surface area contributed by atoms with Gasteiger partial charge in [-0.25, -0.2) is 17.7 Å². The monoisotopic (exact) mass is 473 g/mol. The van der Waals surface area contributed by atoms with Gasteiger partial charge in [-0.2, -0.15) is 13.9 Å². The minimum Gasteiger partial charge on any atom is -0.465 e. The van der Waals surface area contributed by atoms with Gasteiger partial charge in [0.2, 0.25) is 34.8 Å². The highest BCUT2D eigenvalue weighted by atomic mass is 35.5. The molecule has 0 saturated carbocycles. The molecule has 0 aliphatic carbocycles. The summed E-state index contributed by atoms with van der Waals surface area (Å²) in [4.78, 5) is 11.8. The van der Waals surface area contributed by atoms with E-state index in [1.165, 1.54) is 31.2 Å². The van der Waals surface area contributed by atoms with Crippen molar-refractivity contribution in [1.29, 1.82) is 0 Å². The Kier molecular flexibility index (Phi) is 7.68. The second-order valence-corrected chi connectivity index (χ2v) is 7.69. The van der Waals surface area contributed by atoms with E-state index in [4.69, 9.17) is 20.9 Å². The minimum atomic E-state index is -4.95. The zero-order valence-electron chi connectivity index (χ0n) is 15.4. The zero-order valence-corrected chi connectivity index (χ0v) is 17.0. The van der Waals surface area contributed by atoms with E-state index in [1.807, 2.05) is 5.09 Å². The molecule has 0 bridgehead atoms. The molecule has 0 aliphatic heterocycles. The number of esters is 1. The number of benzene rings is 2. The SMILES string of the molecule is CCOC(=O)[C@H](C)N[P@@](=O)(Oc1ccc(Cl)cc1)Oc1c(F)c(F)c(F)c(F)c1F. The Morgan fingerprint density at radius 3 is 2.00 bits per heavy atom. The predicted octanol–water partition coefficient (Wildman–Crippen LogP) is 5.14. The van der Waals surface area contributed by atoms with Crippen LogP contribution in [0.4, 0.5) is 22.0 Å². The highest BCUT2D eigenvalue weighted by Gasteiger charge is 2.38. The number of ether oxygens (including phenoxy) is 1. The Morgan fingerprint density at radius 1 is 1.00 bits per heavy atom. The quantitative estimate of drug-likeness (QED) is 0.188. The van der Waals surface area contributed by atoms with Crippen LogP contribution in [0.15, 0.2) is 24.3 Å². The maximum absolute atomic E-state index is 14.0. The number of hydrogen-bond acceptors (Lipinski definition) is 5. The molecule has 2 rings (SSSR count). The highest BCUT2D eigenvalue weighted by Crippen LogP contribution is 2.47. The molecule has 0 fully saturated rings. The van der Waals surface area contributed by atoms with E-state index in [2.05, 4.69) is 4.52 Å². The Morgan fingerprint density at radius 2 is 1.50 bits per heavy atom. The molecular formula is C17H14ClF5NO5P. The lowest BCUT2D eigenvalue weighted by molar-refractivity contribution is -0.144. The molecule has 2 aromatic carbocycles. The van der Waals surface area contributed by atoms with Crippen molar-refractivity contribution in [2.24, 2.45) is 0 Å². The molecule has 0 unspecified atom stereocenters. The second-order valence-electron chi connectivity index (χ2n) is 5.64. The van der Waals surface area contributed by atoms with Crippen LogP contribution in [0, 0.1) is 29.1 Å². The molecule has 0 aliphatic rings. The lowest BCUT2D eigenvalue weighted by atomic mass is 10.3. The topological polar surface area (TPSA) is 73.9 Å². The third-order valence-electron chi connectivity index (χ3n) is 3.41. The first-order chi connectivity index (χ1) is 14.0. The number of carbonyl (C=O) groups is 1. The number of rotatable bonds is 8. The van der Waals surface area contributed by atoms with Gasteiger partial charge in [-0.3, -0.25) is 4.79 Å². The standard InChI is InChI=1S/C17H14ClF5NO5P/c1-3-27-17(25)8(2)24-30(26,28-10-6-4-9(18)5-7-10)29-16-14(22)12(20)11(19)13(21)15(16)23/h4-8H,3H2,1-2H3,(H,24,26)/t8-,30+/m0/s1. The highest BCUT2D eigenvalue weighted by molar-refractivity contribution is 7.52. The molecule has 6 nitrogen and oxygen atoms in total. The van der Waals surface area contributed by atoms with Gasteiger partial charge in [-0.15, -0.1) is 0 Å². The van der Waals surface area contributed by atoms with Crippen LogP contribution in [0.25, 0.3) is 0 Å². The van der Waals surface area contributed by atoms with Crippen molar-refractivity contribution in [3.8, 4) is 11.5 Å². The summed E-state index contributed by atoms with van der Waals surface area (Å²) in [6.07, 6.45) is 0. The van der Waals surface area contributed by atoms with E-state index >= 15 is 0 Å². The zero-order chi connectivity index (χ0) is 22.6. The predicted molar refractivity (Wildman–Crippen MR) is 95.8 cm³/mol. The van der Waals surface area contributed by atoms with E-state index in [-0.39, 0.29) is 17.4 Å². The summed E-state index contributed by atoms with van der Waals surface area (Å²) in [7, 11) is -4.95. The van der Waals surface area contributed by atoms with Crippen LogP contribution in [-0.4, -0.2) is 18.6 Å². The Labute approximate surface area is 172 Å². The number of nitrogens with one attached hydrogen (secondary N) is 1. The summed E-state index contributed by atoms with van der Waals surface area (Å²) in [5.41, 5.74) is 0. The third kappa shape index (κ3) is 5.41. The fourth-order valence-electron chi connectivity index (χ4n) is 2.05. The Balaban J connectivity index is 2.47. The van der Waals surface area contributed by atoms with E-state index < -0.39 is 54.6 Å². The van der Waals surface area contributed by atoms with Crippen LogP contribution in [0.5, 0.6) is 11.5 Å².